The maximum atomic E-state index is 6.17. The summed E-state index contributed by atoms with van der Waals surface area (Å²) in [6, 6.07) is 2.80. The average molecular weight is 263 g/mol. The van der Waals surface area contributed by atoms with Crippen LogP contribution >= 0.6 is 0 Å². The molecule has 4 nitrogen and oxygen atoms in total. The van der Waals surface area contributed by atoms with Crippen LogP contribution in [0, 0.1) is 0 Å². The molecule has 0 aliphatic carbocycles. The monoisotopic (exact) mass is 263 g/mol. The normalized spacial score (nSPS) is 31.8. The van der Waals surface area contributed by atoms with Crippen LogP contribution in [0.15, 0.2) is 23.0 Å². The Bertz CT molecular complexity index is 406. The van der Waals surface area contributed by atoms with Gasteiger partial charge in [0.1, 0.15) is 0 Å². The van der Waals surface area contributed by atoms with E-state index in [1.807, 2.05) is 12.3 Å². The highest BCUT2D eigenvalue weighted by Gasteiger charge is 2.43. The quantitative estimate of drug-likeness (QED) is 0.897. The van der Waals surface area contributed by atoms with E-state index >= 15 is 0 Å². The van der Waals surface area contributed by atoms with E-state index in [-0.39, 0.29) is 5.54 Å². The summed E-state index contributed by atoms with van der Waals surface area (Å²) in [6.45, 7) is 4.18. The number of hydrogen-bond acceptors (Lipinski definition) is 4. The molecule has 1 aromatic rings. The van der Waals surface area contributed by atoms with E-state index in [1.165, 1.54) is 44.3 Å². The van der Waals surface area contributed by atoms with Gasteiger partial charge in [-0.25, -0.2) is 0 Å². The molecule has 0 aromatic carbocycles. The van der Waals surface area contributed by atoms with Crippen molar-refractivity contribution < 1.29 is 4.42 Å². The minimum Gasteiger partial charge on any atom is -0.472 e. The third-order valence-corrected chi connectivity index (χ3v) is 5.17. The molecule has 2 saturated heterocycles. The van der Waals surface area contributed by atoms with Gasteiger partial charge in [0, 0.05) is 36.8 Å². The van der Waals surface area contributed by atoms with Crippen molar-refractivity contribution in [3.8, 4) is 0 Å². The van der Waals surface area contributed by atoms with Crippen molar-refractivity contribution in [3.63, 3.8) is 0 Å². The molecular formula is C15H25N3O. The van der Waals surface area contributed by atoms with Gasteiger partial charge >= 0.3 is 0 Å². The zero-order chi connectivity index (χ0) is 13.3. The Morgan fingerprint density at radius 1 is 1.53 bits per heavy atom. The minimum absolute atomic E-state index is 0.169. The second-order valence-electron chi connectivity index (χ2n) is 6.20. The van der Waals surface area contributed by atoms with Crippen LogP contribution in [-0.4, -0.2) is 48.1 Å². The van der Waals surface area contributed by atoms with Gasteiger partial charge in [0.05, 0.1) is 12.5 Å². The molecule has 0 amide bonds. The van der Waals surface area contributed by atoms with E-state index in [0.717, 1.165) is 19.1 Å². The molecule has 3 heterocycles. The van der Waals surface area contributed by atoms with Crippen molar-refractivity contribution in [2.45, 2.75) is 43.8 Å². The third-order valence-electron chi connectivity index (χ3n) is 5.17. The average Bonchev–Trinajstić information content (AvgIpc) is 3.08. The Kier molecular flexibility index (Phi) is 3.65. The molecule has 2 aliphatic heterocycles. The van der Waals surface area contributed by atoms with E-state index < -0.39 is 0 Å². The summed E-state index contributed by atoms with van der Waals surface area (Å²) in [4.78, 5) is 5.10. The lowest BCUT2D eigenvalue weighted by Crippen LogP contribution is -2.59. The number of fused-ring (bicyclic) bond motifs is 1. The zero-order valence-corrected chi connectivity index (χ0v) is 11.8. The van der Waals surface area contributed by atoms with Crippen LogP contribution < -0.4 is 5.73 Å². The fourth-order valence-corrected chi connectivity index (χ4v) is 3.83. The summed E-state index contributed by atoms with van der Waals surface area (Å²) >= 11 is 0. The topological polar surface area (TPSA) is 45.6 Å². The number of nitrogens with two attached hydrogens (primary N) is 1. The summed E-state index contributed by atoms with van der Waals surface area (Å²) in [6.07, 6.45) is 8.70. The number of piperidine rings is 1. The molecule has 19 heavy (non-hydrogen) atoms. The third kappa shape index (κ3) is 2.45. The van der Waals surface area contributed by atoms with Gasteiger partial charge in [-0.05, 0) is 45.3 Å². The molecular weight excluding hydrogens is 238 g/mol. The second kappa shape index (κ2) is 5.27. The molecule has 0 saturated carbocycles. The summed E-state index contributed by atoms with van der Waals surface area (Å²) in [5, 5.41) is 0. The lowest BCUT2D eigenvalue weighted by atomic mass is 9.81. The smallest absolute Gasteiger partial charge is 0.0947 e. The van der Waals surface area contributed by atoms with E-state index in [2.05, 4.69) is 16.8 Å². The van der Waals surface area contributed by atoms with Gasteiger partial charge in [-0.15, -0.1) is 0 Å². The molecule has 0 bridgehead atoms. The molecule has 4 heteroatoms. The van der Waals surface area contributed by atoms with Crippen molar-refractivity contribution in [1.29, 1.82) is 0 Å². The van der Waals surface area contributed by atoms with Gasteiger partial charge in [-0.3, -0.25) is 4.90 Å². The minimum atomic E-state index is 0.169. The number of furan rings is 1. The Labute approximate surface area is 115 Å². The maximum Gasteiger partial charge on any atom is 0.0947 e. The van der Waals surface area contributed by atoms with Crippen LogP contribution in [-0.2, 0) is 6.54 Å². The van der Waals surface area contributed by atoms with Gasteiger partial charge in [0.25, 0.3) is 0 Å². The fourth-order valence-electron chi connectivity index (χ4n) is 3.83. The number of rotatable bonds is 4. The van der Waals surface area contributed by atoms with E-state index in [0.29, 0.717) is 0 Å². The predicted molar refractivity (Wildman–Crippen MR) is 75.8 cm³/mol. The van der Waals surface area contributed by atoms with Crippen molar-refractivity contribution in [2.24, 2.45) is 5.73 Å². The maximum absolute atomic E-state index is 6.17. The molecule has 2 fully saturated rings. The van der Waals surface area contributed by atoms with E-state index in [1.54, 1.807) is 6.26 Å². The van der Waals surface area contributed by atoms with Crippen LogP contribution in [0.5, 0.6) is 0 Å². The van der Waals surface area contributed by atoms with E-state index in [4.69, 9.17) is 10.2 Å². The van der Waals surface area contributed by atoms with Crippen molar-refractivity contribution in [3.05, 3.63) is 24.2 Å². The number of nitrogens with zero attached hydrogens (tertiary/aromatic N) is 2. The first-order valence-electron chi connectivity index (χ1n) is 7.40. The van der Waals surface area contributed by atoms with Crippen LogP contribution in [0.1, 0.15) is 31.2 Å². The second-order valence-corrected chi connectivity index (χ2v) is 6.20. The Morgan fingerprint density at radius 2 is 2.42 bits per heavy atom. The zero-order valence-electron chi connectivity index (χ0n) is 11.8. The molecule has 0 spiro atoms. The highest BCUT2D eigenvalue weighted by atomic mass is 16.3. The molecule has 2 atom stereocenters. The lowest BCUT2D eigenvalue weighted by Gasteiger charge is -2.49. The number of hydrogen-bond donors (Lipinski definition) is 1. The first-order chi connectivity index (χ1) is 9.23. The predicted octanol–water partition coefficient (Wildman–Crippen LogP) is 1.67. The Hall–Kier alpha value is -0.840. The highest BCUT2D eigenvalue weighted by molar-refractivity contribution is 5.08. The summed E-state index contributed by atoms with van der Waals surface area (Å²) in [7, 11) is 2.21. The van der Waals surface area contributed by atoms with Gasteiger partial charge in [-0.1, -0.05) is 0 Å². The van der Waals surface area contributed by atoms with Gasteiger partial charge in [0.2, 0.25) is 0 Å². The first kappa shape index (κ1) is 13.2. The molecule has 2 unspecified atom stereocenters. The van der Waals surface area contributed by atoms with Crippen molar-refractivity contribution in [1.82, 2.24) is 9.80 Å². The Morgan fingerprint density at radius 3 is 3.16 bits per heavy atom. The molecule has 1 aromatic heterocycles. The molecule has 2 aliphatic rings. The summed E-state index contributed by atoms with van der Waals surface area (Å²) in [5.74, 6) is 0. The summed E-state index contributed by atoms with van der Waals surface area (Å²) < 4.78 is 5.17. The van der Waals surface area contributed by atoms with Gasteiger partial charge in [0.15, 0.2) is 0 Å². The molecule has 106 valence electrons. The van der Waals surface area contributed by atoms with Crippen LogP contribution in [0.25, 0.3) is 0 Å². The van der Waals surface area contributed by atoms with Crippen LogP contribution in [0.2, 0.25) is 0 Å². The molecule has 2 N–H and O–H groups in total. The SMILES string of the molecule is CN(Cc1ccoc1)C1(CN)CCN2CCCC2C1. The lowest BCUT2D eigenvalue weighted by molar-refractivity contribution is 0.0219. The van der Waals surface area contributed by atoms with Crippen molar-refractivity contribution in [2.75, 3.05) is 26.7 Å². The van der Waals surface area contributed by atoms with E-state index in [9.17, 15) is 0 Å². The standard InChI is InChI=1S/C15H25N3O/c1-17(10-13-4-8-19-11-13)15(12-16)5-7-18-6-2-3-14(18)9-15/h4,8,11,14H,2-3,5-7,9-10,12,16H2,1H3. The molecule has 0 radical (unpaired) electrons. The van der Waals surface area contributed by atoms with Gasteiger partial charge < -0.3 is 15.1 Å². The Balaban J connectivity index is 1.71. The number of likely N-dealkylation sites (N-methyl/N-ethyl adjacent to an activating group) is 1. The van der Waals surface area contributed by atoms with Crippen molar-refractivity contribution >= 4 is 0 Å². The molecule has 3 rings (SSSR count). The van der Waals surface area contributed by atoms with Crippen LogP contribution in [0.4, 0.5) is 0 Å². The fraction of sp³-hybridized carbons (Fsp3) is 0.733. The van der Waals surface area contributed by atoms with Gasteiger partial charge in [-0.2, -0.15) is 0 Å². The largest absolute Gasteiger partial charge is 0.472 e. The highest BCUT2D eigenvalue weighted by Crippen LogP contribution is 2.36. The van der Waals surface area contributed by atoms with Crippen LogP contribution in [0.3, 0.4) is 0 Å². The summed E-state index contributed by atoms with van der Waals surface area (Å²) in [5.41, 5.74) is 7.58. The first-order valence-corrected chi connectivity index (χ1v) is 7.40.